The van der Waals surface area contributed by atoms with Gasteiger partial charge >= 0.3 is 12.1 Å². The summed E-state index contributed by atoms with van der Waals surface area (Å²) in [6.07, 6.45) is -2.45. The molecule has 9 heteroatoms. The lowest BCUT2D eigenvalue weighted by molar-refractivity contribution is -0.153. The van der Waals surface area contributed by atoms with Crippen LogP contribution >= 0.6 is 0 Å². The lowest BCUT2D eigenvalue weighted by Crippen LogP contribution is -2.37. The van der Waals surface area contributed by atoms with E-state index in [0.29, 0.717) is 32.0 Å². The van der Waals surface area contributed by atoms with E-state index in [0.717, 1.165) is 18.4 Å². The van der Waals surface area contributed by atoms with Crippen molar-refractivity contribution in [3.05, 3.63) is 29.8 Å². The first-order chi connectivity index (χ1) is 12.8. The van der Waals surface area contributed by atoms with Gasteiger partial charge in [0.25, 0.3) is 0 Å². The van der Waals surface area contributed by atoms with E-state index in [2.05, 4.69) is 25.1 Å². The number of aliphatic imine (C=N–C) groups is 1. The Balaban J connectivity index is 2.43. The van der Waals surface area contributed by atoms with Crippen molar-refractivity contribution in [3.8, 4) is 5.75 Å². The van der Waals surface area contributed by atoms with Gasteiger partial charge in [0.1, 0.15) is 5.75 Å². The zero-order valence-corrected chi connectivity index (χ0v) is 15.6. The number of rotatable bonds is 10. The van der Waals surface area contributed by atoms with Crippen molar-refractivity contribution >= 4 is 11.9 Å². The summed E-state index contributed by atoms with van der Waals surface area (Å²) in [7, 11) is 1.37. The van der Waals surface area contributed by atoms with Crippen LogP contribution in [0, 0.1) is 0 Å². The summed E-state index contributed by atoms with van der Waals surface area (Å²) in [5, 5.41) is 6.28. The molecule has 0 amide bonds. The Hall–Kier alpha value is -2.45. The molecule has 1 aromatic carbocycles. The highest BCUT2D eigenvalue weighted by molar-refractivity contribution is 5.79. The first-order valence-corrected chi connectivity index (χ1v) is 8.71. The average molecular weight is 389 g/mol. The molecule has 27 heavy (non-hydrogen) atoms. The minimum absolute atomic E-state index is 0.163. The van der Waals surface area contributed by atoms with E-state index in [1.54, 1.807) is 12.1 Å². The van der Waals surface area contributed by atoms with Gasteiger partial charge in [-0.2, -0.15) is 13.2 Å². The summed E-state index contributed by atoms with van der Waals surface area (Å²) in [6.45, 7) is 2.36. The molecule has 0 bridgehead atoms. The average Bonchev–Trinajstić information content (AvgIpc) is 2.64. The van der Waals surface area contributed by atoms with Crippen LogP contribution < -0.4 is 15.4 Å². The number of nitrogens with zero attached hydrogens (tertiary/aromatic N) is 1. The number of hydrogen-bond donors (Lipinski definition) is 2. The molecule has 0 aliphatic rings. The molecule has 0 saturated carbocycles. The van der Waals surface area contributed by atoms with Gasteiger partial charge in [0.15, 0.2) is 12.6 Å². The number of methoxy groups -OCH3 is 1. The predicted octanol–water partition coefficient (Wildman–Crippen LogP) is 3.03. The lowest BCUT2D eigenvalue weighted by Gasteiger charge is -2.11. The van der Waals surface area contributed by atoms with Crippen molar-refractivity contribution in [2.45, 2.75) is 38.9 Å². The van der Waals surface area contributed by atoms with Crippen molar-refractivity contribution in [2.75, 3.05) is 26.8 Å². The maximum atomic E-state index is 12.1. The summed E-state index contributed by atoms with van der Waals surface area (Å²) < 4.78 is 45.6. The minimum Gasteiger partial charge on any atom is -0.484 e. The van der Waals surface area contributed by atoms with Crippen LogP contribution in [0.25, 0.3) is 0 Å². The highest BCUT2D eigenvalue weighted by Crippen LogP contribution is 2.19. The number of carbonyl (C=O) groups is 1. The summed E-state index contributed by atoms with van der Waals surface area (Å²) >= 11 is 0. The second kappa shape index (κ2) is 12.0. The third-order valence-electron chi connectivity index (χ3n) is 3.42. The lowest BCUT2D eigenvalue weighted by atomic mass is 10.2. The molecule has 0 atom stereocenters. The first-order valence-electron chi connectivity index (χ1n) is 8.71. The highest BCUT2D eigenvalue weighted by atomic mass is 19.4. The van der Waals surface area contributed by atoms with Gasteiger partial charge in [-0.1, -0.05) is 12.1 Å². The number of halogens is 3. The van der Waals surface area contributed by atoms with Crippen LogP contribution in [-0.4, -0.2) is 44.9 Å². The predicted molar refractivity (Wildman–Crippen MR) is 96.7 cm³/mol. The Kier molecular flexibility index (Phi) is 10.1. The molecule has 0 aliphatic carbocycles. The van der Waals surface area contributed by atoms with Gasteiger partial charge in [0, 0.05) is 19.5 Å². The molecule has 0 aromatic heterocycles. The van der Waals surface area contributed by atoms with Crippen molar-refractivity contribution in [1.82, 2.24) is 10.6 Å². The molecule has 0 aliphatic heterocycles. The third kappa shape index (κ3) is 11.0. The molecule has 0 fully saturated rings. The molecule has 0 radical (unpaired) electrons. The molecule has 6 nitrogen and oxygen atoms in total. The van der Waals surface area contributed by atoms with E-state index < -0.39 is 12.8 Å². The SMILES string of the molecule is CCNC(=NCc1ccc(OCC(F)(F)F)cc1)NCCCCC(=O)OC. The normalized spacial score (nSPS) is 11.8. The summed E-state index contributed by atoms with van der Waals surface area (Å²) in [5.41, 5.74) is 0.845. The Morgan fingerprint density at radius 2 is 1.85 bits per heavy atom. The minimum atomic E-state index is -4.35. The number of esters is 1. The second-order valence-electron chi connectivity index (χ2n) is 5.70. The van der Waals surface area contributed by atoms with Crippen molar-refractivity contribution in [1.29, 1.82) is 0 Å². The van der Waals surface area contributed by atoms with Crippen LogP contribution in [0.2, 0.25) is 0 Å². The molecule has 0 spiro atoms. The van der Waals surface area contributed by atoms with Crippen LogP contribution in [0.15, 0.2) is 29.3 Å². The van der Waals surface area contributed by atoms with Crippen molar-refractivity contribution < 1.29 is 27.4 Å². The standard InChI is InChI=1S/C18H26F3N3O3/c1-3-22-17(23-11-5-4-6-16(25)26-2)24-12-14-7-9-15(10-8-14)27-13-18(19,20)21/h7-10H,3-6,11-13H2,1-2H3,(H2,22,23,24). The maximum Gasteiger partial charge on any atom is 0.422 e. The van der Waals surface area contributed by atoms with Crippen molar-refractivity contribution in [3.63, 3.8) is 0 Å². The van der Waals surface area contributed by atoms with Crippen LogP contribution in [0.1, 0.15) is 31.7 Å². The molecule has 0 heterocycles. The molecule has 0 unspecified atom stereocenters. The van der Waals surface area contributed by atoms with Gasteiger partial charge < -0.3 is 20.1 Å². The van der Waals surface area contributed by atoms with E-state index in [1.807, 2.05) is 6.92 Å². The first kappa shape index (κ1) is 22.6. The third-order valence-corrected chi connectivity index (χ3v) is 3.42. The Morgan fingerprint density at radius 1 is 1.15 bits per heavy atom. The molecule has 1 rings (SSSR count). The summed E-state index contributed by atoms with van der Waals surface area (Å²) in [5.74, 6) is 0.571. The number of ether oxygens (including phenoxy) is 2. The van der Waals surface area contributed by atoms with Gasteiger partial charge in [-0.25, -0.2) is 4.99 Å². The summed E-state index contributed by atoms with van der Waals surface area (Å²) in [4.78, 5) is 15.5. The largest absolute Gasteiger partial charge is 0.484 e. The van der Waals surface area contributed by atoms with E-state index in [9.17, 15) is 18.0 Å². The smallest absolute Gasteiger partial charge is 0.422 e. The molecule has 0 saturated heterocycles. The number of hydrogen-bond acceptors (Lipinski definition) is 4. The van der Waals surface area contributed by atoms with Gasteiger partial charge in [0.2, 0.25) is 0 Å². The van der Waals surface area contributed by atoms with Gasteiger partial charge in [-0.15, -0.1) is 0 Å². The molecule has 152 valence electrons. The highest BCUT2D eigenvalue weighted by Gasteiger charge is 2.28. The molecule has 2 N–H and O–H groups in total. The number of guanidine groups is 1. The monoisotopic (exact) mass is 389 g/mol. The van der Waals surface area contributed by atoms with Crippen LogP contribution in [0.3, 0.4) is 0 Å². The Labute approximate surface area is 157 Å². The zero-order valence-electron chi connectivity index (χ0n) is 15.6. The van der Waals surface area contributed by atoms with Crippen LogP contribution in [0.5, 0.6) is 5.75 Å². The fourth-order valence-corrected chi connectivity index (χ4v) is 2.07. The number of benzene rings is 1. The molecular weight excluding hydrogens is 363 g/mol. The Morgan fingerprint density at radius 3 is 2.44 bits per heavy atom. The fourth-order valence-electron chi connectivity index (χ4n) is 2.07. The van der Waals surface area contributed by atoms with E-state index in [-0.39, 0.29) is 11.7 Å². The maximum absolute atomic E-state index is 12.1. The molecule has 1 aromatic rings. The number of alkyl halides is 3. The zero-order chi connectivity index (χ0) is 20.1. The van der Waals surface area contributed by atoms with E-state index >= 15 is 0 Å². The van der Waals surface area contributed by atoms with Gasteiger partial charge in [0.05, 0.1) is 13.7 Å². The number of carbonyl (C=O) groups excluding carboxylic acids is 1. The van der Waals surface area contributed by atoms with Gasteiger partial charge in [-0.3, -0.25) is 4.79 Å². The van der Waals surface area contributed by atoms with Crippen LogP contribution in [-0.2, 0) is 16.1 Å². The summed E-state index contributed by atoms with van der Waals surface area (Å²) in [6, 6.07) is 6.33. The molecular formula is C18H26F3N3O3. The van der Waals surface area contributed by atoms with Crippen LogP contribution in [0.4, 0.5) is 13.2 Å². The number of unbranched alkanes of at least 4 members (excludes halogenated alkanes) is 1. The quantitative estimate of drug-likeness (QED) is 0.279. The Bertz CT molecular complexity index is 590. The fraction of sp³-hybridized carbons (Fsp3) is 0.556. The van der Waals surface area contributed by atoms with Crippen molar-refractivity contribution in [2.24, 2.45) is 4.99 Å². The van der Waals surface area contributed by atoms with E-state index in [4.69, 9.17) is 0 Å². The number of nitrogens with one attached hydrogen (secondary N) is 2. The second-order valence-corrected chi connectivity index (χ2v) is 5.70. The van der Waals surface area contributed by atoms with Gasteiger partial charge in [-0.05, 0) is 37.5 Å². The van der Waals surface area contributed by atoms with E-state index in [1.165, 1.54) is 19.2 Å². The topological polar surface area (TPSA) is 72.0 Å².